The first-order valence-electron chi connectivity index (χ1n) is 8.50. The predicted octanol–water partition coefficient (Wildman–Crippen LogP) is 1.73. The van der Waals surface area contributed by atoms with Gasteiger partial charge in [-0.2, -0.15) is 0 Å². The van der Waals surface area contributed by atoms with Gasteiger partial charge >= 0.3 is 0 Å². The Morgan fingerprint density at radius 2 is 1.76 bits per heavy atom. The second-order valence-electron chi connectivity index (χ2n) is 6.32. The molecule has 25 heavy (non-hydrogen) atoms. The van der Waals surface area contributed by atoms with Crippen LogP contribution in [0, 0.1) is 0 Å². The summed E-state index contributed by atoms with van der Waals surface area (Å²) in [7, 11) is 0. The third-order valence-corrected chi connectivity index (χ3v) is 4.46. The summed E-state index contributed by atoms with van der Waals surface area (Å²) in [5.74, 6) is -0.435. The topological polar surface area (TPSA) is 78.4 Å². The summed E-state index contributed by atoms with van der Waals surface area (Å²) in [6.45, 7) is 0. The van der Waals surface area contributed by atoms with Gasteiger partial charge in [-0.3, -0.25) is 9.59 Å². The molecule has 1 saturated heterocycles. The van der Waals surface area contributed by atoms with Crippen LogP contribution < -0.4 is 10.6 Å². The Hall–Kier alpha value is -2.66. The van der Waals surface area contributed by atoms with E-state index in [-0.39, 0.29) is 24.4 Å². The van der Waals surface area contributed by atoms with Crippen molar-refractivity contribution in [2.75, 3.05) is 0 Å². The number of benzene rings is 2. The van der Waals surface area contributed by atoms with Crippen molar-refractivity contribution in [3.05, 3.63) is 71.8 Å². The van der Waals surface area contributed by atoms with E-state index < -0.39 is 12.0 Å². The van der Waals surface area contributed by atoms with Gasteiger partial charge in [-0.15, -0.1) is 0 Å². The minimum atomic E-state index is -1.11. The third-order valence-electron chi connectivity index (χ3n) is 4.46. The van der Waals surface area contributed by atoms with Crippen molar-refractivity contribution in [3.8, 4) is 0 Å². The predicted molar refractivity (Wildman–Crippen MR) is 94.6 cm³/mol. The van der Waals surface area contributed by atoms with Crippen LogP contribution in [-0.4, -0.2) is 29.1 Å². The van der Waals surface area contributed by atoms with Crippen LogP contribution in [-0.2, 0) is 16.0 Å². The molecule has 2 aromatic carbocycles. The Morgan fingerprint density at radius 3 is 2.44 bits per heavy atom. The minimum Gasteiger partial charge on any atom is -0.383 e. The summed E-state index contributed by atoms with van der Waals surface area (Å²) in [4.78, 5) is 24.2. The minimum absolute atomic E-state index is 0.0239. The molecule has 0 aliphatic carbocycles. The summed E-state index contributed by atoms with van der Waals surface area (Å²) >= 11 is 0. The quantitative estimate of drug-likeness (QED) is 0.777. The zero-order chi connectivity index (χ0) is 17.6. The average molecular weight is 338 g/mol. The molecule has 130 valence electrons. The maximum Gasteiger partial charge on any atom is 0.249 e. The molecule has 0 spiro atoms. The summed E-state index contributed by atoms with van der Waals surface area (Å²) in [5, 5.41) is 16.1. The molecule has 0 radical (unpaired) electrons. The van der Waals surface area contributed by atoms with Crippen LogP contribution in [0.3, 0.4) is 0 Å². The van der Waals surface area contributed by atoms with Gasteiger partial charge in [0, 0.05) is 12.8 Å². The van der Waals surface area contributed by atoms with E-state index >= 15 is 0 Å². The van der Waals surface area contributed by atoms with Crippen LogP contribution in [0.2, 0.25) is 0 Å². The lowest BCUT2D eigenvalue weighted by Crippen LogP contribution is -2.52. The number of piperidine rings is 1. The van der Waals surface area contributed by atoms with Gasteiger partial charge in [0.15, 0.2) is 0 Å². The standard InChI is InChI=1S/C20H22N2O3/c23-17(13-14-7-3-1-4-8-14)20(25)21-16-11-12-18(24)22-19(16)15-9-5-2-6-10-15/h1-10,16-17,19,23H,11-13H2,(H,21,25)(H,22,24)/t16-,17+,19+/m1/s1. The fraction of sp³-hybridized carbons (Fsp3) is 0.300. The summed E-state index contributed by atoms with van der Waals surface area (Å²) in [6, 6.07) is 18.5. The number of carbonyl (C=O) groups is 2. The van der Waals surface area contributed by atoms with Gasteiger partial charge in [-0.1, -0.05) is 60.7 Å². The van der Waals surface area contributed by atoms with Gasteiger partial charge in [0.25, 0.3) is 0 Å². The van der Waals surface area contributed by atoms with Crippen molar-refractivity contribution in [1.82, 2.24) is 10.6 Å². The van der Waals surface area contributed by atoms with Crippen LogP contribution >= 0.6 is 0 Å². The number of nitrogens with one attached hydrogen (secondary N) is 2. The smallest absolute Gasteiger partial charge is 0.249 e. The van der Waals surface area contributed by atoms with Crippen LogP contribution in [0.4, 0.5) is 0 Å². The fourth-order valence-electron chi connectivity index (χ4n) is 3.14. The van der Waals surface area contributed by atoms with Crippen molar-refractivity contribution >= 4 is 11.8 Å². The Kier molecular flexibility index (Phi) is 5.46. The number of aliphatic hydroxyl groups is 1. The highest BCUT2D eigenvalue weighted by Gasteiger charge is 2.32. The van der Waals surface area contributed by atoms with E-state index in [2.05, 4.69) is 10.6 Å². The van der Waals surface area contributed by atoms with E-state index in [1.54, 1.807) is 0 Å². The van der Waals surface area contributed by atoms with Crippen molar-refractivity contribution in [2.45, 2.75) is 37.5 Å². The monoisotopic (exact) mass is 338 g/mol. The van der Waals surface area contributed by atoms with Crippen LogP contribution in [0.5, 0.6) is 0 Å². The molecule has 0 saturated carbocycles. The maximum absolute atomic E-state index is 12.4. The molecule has 1 heterocycles. The molecular weight excluding hydrogens is 316 g/mol. The van der Waals surface area contributed by atoms with Crippen LogP contribution in [0.15, 0.2) is 60.7 Å². The van der Waals surface area contributed by atoms with Gasteiger partial charge in [0.1, 0.15) is 6.10 Å². The van der Waals surface area contributed by atoms with Gasteiger partial charge in [0.2, 0.25) is 11.8 Å². The fourth-order valence-corrected chi connectivity index (χ4v) is 3.14. The molecule has 1 fully saturated rings. The molecule has 2 amide bonds. The molecule has 3 rings (SSSR count). The van der Waals surface area contributed by atoms with E-state index in [4.69, 9.17) is 0 Å². The van der Waals surface area contributed by atoms with Gasteiger partial charge in [-0.25, -0.2) is 0 Å². The first kappa shape index (κ1) is 17.2. The second-order valence-corrected chi connectivity index (χ2v) is 6.32. The number of aliphatic hydroxyl groups excluding tert-OH is 1. The zero-order valence-electron chi connectivity index (χ0n) is 13.9. The number of hydrogen-bond acceptors (Lipinski definition) is 3. The zero-order valence-corrected chi connectivity index (χ0v) is 13.9. The highest BCUT2D eigenvalue weighted by atomic mass is 16.3. The van der Waals surface area contributed by atoms with Crippen molar-refractivity contribution < 1.29 is 14.7 Å². The molecule has 0 bridgehead atoms. The maximum atomic E-state index is 12.4. The van der Waals surface area contributed by atoms with E-state index in [1.165, 1.54) is 0 Å². The van der Waals surface area contributed by atoms with Crippen LogP contribution in [0.25, 0.3) is 0 Å². The van der Waals surface area contributed by atoms with Gasteiger partial charge in [-0.05, 0) is 17.5 Å². The first-order chi connectivity index (χ1) is 12.1. The van der Waals surface area contributed by atoms with Crippen molar-refractivity contribution in [1.29, 1.82) is 0 Å². The average Bonchev–Trinajstić information content (AvgIpc) is 2.64. The van der Waals surface area contributed by atoms with E-state index in [1.807, 2.05) is 60.7 Å². The Morgan fingerprint density at radius 1 is 1.12 bits per heavy atom. The normalized spacial score (nSPS) is 21.2. The molecule has 0 unspecified atom stereocenters. The number of carbonyl (C=O) groups excluding carboxylic acids is 2. The van der Waals surface area contributed by atoms with E-state index in [0.29, 0.717) is 12.8 Å². The lowest BCUT2D eigenvalue weighted by Gasteiger charge is -2.33. The Balaban J connectivity index is 1.66. The number of rotatable bonds is 5. The summed E-state index contributed by atoms with van der Waals surface area (Å²) < 4.78 is 0. The molecule has 1 aliphatic rings. The van der Waals surface area contributed by atoms with Gasteiger partial charge < -0.3 is 15.7 Å². The molecule has 5 heteroatoms. The molecule has 3 N–H and O–H groups in total. The Labute approximate surface area is 147 Å². The number of hydrogen-bond donors (Lipinski definition) is 3. The van der Waals surface area contributed by atoms with Gasteiger partial charge in [0.05, 0.1) is 12.1 Å². The molecule has 3 atom stereocenters. The Bertz CT molecular complexity index is 718. The lowest BCUT2D eigenvalue weighted by atomic mass is 9.91. The highest BCUT2D eigenvalue weighted by molar-refractivity contribution is 5.82. The van der Waals surface area contributed by atoms with E-state index in [0.717, 1.165) is 11.1 Å². The second kappa shape index (κ2) is 7.94. The summed E-state index contributed by atoms with van der Waals surface area (Å²) in [5.41, 5.74) is 1.85. The van der Waals surface area contributed by atoms with Crippen LogP contribution in [0.1, 0.15) is 30.0 Å². The third kappa shape index (κ3) is 4.45. The molecule has 5 nitrogen and oxygen atoms in total. The molecule has 0 aromatic heterocycles. The SMILES string of the molecule is O=C1CC[C@@H](NC(=O)[C@@H](O)Cc2ccccc2)[C@H](c2ccccc2)N1. The summed E-state index contributed by atoms with van der Waals surface area (Å²) in [6.07, 6.45) is 0.0662. The highest BCUT2D eigenvalue weighted by Crippen LogP contribution is 2.24. The molecular formula is C20H22N2O3. The lowest BCUT2D eigenvalue weighted by molar-refractivity contribution is -0.132. The number of amides is 2. The van der Waals surface area contributed by atoms with E-state index in [9.17, 15) is 14.7 Å². The molecule has 1 aliphatic heterocycles. The largest absolute Gasteiger partial charge is 0.383 e. The van der Waals surface area contributed by atoms with Crippen molar-refractivity contribution in [3.63, 3.8) is 0 Å². The first-order valence-corrected chi connectivity index (χ1v) is 8.50. The van der Waals surface area contributed by atoms with Crippen molar-refractivity contribution in [2.24, 2.45) is 0 Å². The molecule has 2 aromatic rings.